The van der Waals surface area contributed by atoms with Crippen LogP contribution in [-0.2, 0) is 6.54 Å². The van der Waals surface area contributed by atoms with Crippen LogP contribution in [0.15, 0.2) is 24.3 Å². The van der Waals surface area contributed by atoms with Crippen LogP contribution in [0.1, 0.15) is 12.0 Å². The molecule has 1 aromatic carbocycles. The molecule has 1 saturated heterocycles. The lowest BCUT2D eigenvalue weighted by Crippen LogP contribution is -2.21. The first-order chi connectivity index (χ1) is 7.65. The number of hydrogen-bond acceptors (Lipinski definition) is 4. The SMILES string of the molecule is O=[N+]([O-])c1ccc(CN2CCC(O)C2)cc1. The van der Waals surface area contributed by atoms with Gasteiger partial charge in [0.2, 0.25) is 0 Å². The molecule has 0 aliphatic carbocycles. The van der Waals surface area contributed by atoms with Crippen molar-refractivity contribution < 1.29 is 10.0 Å². The number of rotatable bonds is 3. The average molecular weight is 222 g/mol. The normalized spacial score (nSPS) is 21.2. The van der Waals surface area contributed by atoms with E-state index in [2.05, 4.69) is 4.90 Å². The summed E-state index contributed by atoms with van der Waals surface area (Å²) in [7, 11) is 0. The Kier molecular flexibility index (Phi) is 3.17. The van der Waals surface area contributed by atoms with Crippen molar-refractivity contribution in [2.75, 3.05) is 13.1 Å². The standard InChI is InChI=1S/C11H14N2O3/c14-11-5-6-12(8-11)7-9-1-3-10(4-2-9)13(15)16/h1-4,11,14H,5-8H2. The molecule has 1 unspecified atom stereocenters. The molecule has 16 heavy (non-hydrogen) atoms. The maximum absolute atomic E-state index is 10.5. The molecular formula is C11H14N2O3. The highest BCUT2D eigenvalue weighted by atomic mass is 16.6. The number of aliphatic hydroxyl groups is 1. The van der Waals surface area contributed by atoms with E-state index in [1.807, 2.05) is 0 Å². The number of β-amino-alcohol motifs (C(OH)–C–C–N with tert-alkyl or cyclic N) is 1. The second-order valence-corrected chi connectivity index (χ2v) is 4.10. The summed E-state index contributed by atoms with van der Waals surface area (Å²) in [6, 6.07) is 6.56. The minimum Gasteiger partial charge on any atom is -0.392 e. The van der Waals surface area contributed by atoms with Crippen LogP contribution in [0.5, 0.6) is 0 Å². The van der Waals surface area contributed by atoms with Crippen LogP contribution in [0.25, 0.3) is 0 Å². The van der Waals surface area contributed by atoms with E-state index in [1.165, 1.54) is 12.1 Å². The van der Waals surface area contributed by atoms with Crippen LogP contribution < -0.4 is 0 Å². The lowest BCUT2D eigenvalue weighted by molar-refractivity contribution is -0.384. The second kappa shape index (κ2) is 4.59. The van der Waals surface area contributed by atoms with Crippen molar-refractivity contribution in [3.05, 3.63) is 39.9 Å². The van der Waals surface area contributed by atoms with Crippen molar-refractivity contribution in [2.45, 2.75) is 19.1 Å². The fourth-order valence-electron chi connectivity index (χ4n) is 1.94. The number of benzene rings is 1. The monoisotopic (exact) mass is 222 g/mol. The number of nitro benzene ring substituents is 1. The Hall–Kier alpha value is -1.46. The first-order valence-corrected chi connectivity index (χ1v) is 5.29. The number of non-ortho nitro benzene ring substituents is 1. The van der Waals surface area contributed by atoms with Crippen LogP contribution in [0.2, 0.25) is 0 Å². The third kappa shape index (κ3) is 2.56. The van der Waals surface area contributed by atoms with Crippen molar-refractivity contribution in [1.29, 1.82) is 0 Å². The molecule has 1 fully saturated rings. The topological polar surface area (TPSA) is 66.6 Å². The van der Waals surface area contributed by atoms with E-state index in [0.29, 0.717) is 6.54 Å². The Morgan fingerprint density at radius 1 is 1.44 bits per heavy atom. The molecule has 5 heteroatoms. The molecule has 0 radical (unpaired) electrons. The van der Waals surface area contributed by atoms with E-state index < -0.39 is 4.92 Å². The predicted molar refractivity (Wildman–Crippen MR) is 59.0 cm³/mol. The highest BCUT2D eigenvalue weighted by Gasteiger charge is 2.19. The number of nitro groups is 1. The Bertz CT molecular complexity index is 377. The lowest BCUT2D eigenvalue weighted by Gasteiger charge is -2.14. The second-order valence-electron chi connectivity index (χ2n) is 4.10. The maximum atomic E-state index is 10.5. The van der Waals surface area contributed by atoms with Gasteiger partial charge in [-0.2, -0.15) is 0 Å². The first-order valence-electron chi connectivity index (χ1n) is 5.29. The van der Waals surface area contributed by atoms with Crippen molar-refractivity contribution >= 4 is 5.69 Å². The minimum atomic E-state index is -0.399. The molecule has 0 saturated carbocycles. The summed E-state index contributed by atoms with van der Waals surface area (Å²) in [4.78, 5) is 12.2. The largest absolute Gasteiger partial charge is 0.392 e. The molecule has 1 aromatic rings. The molecule has 2 rings (SSSR count). The number of aliphatic hydroxyl groups excluding tert-OH is 1. The van der Waals surface area contributed by atoms with Gasteiger partial charge in [-0.1, -0.05) is 12.1 Å². The summed E-state index contributed by atoms with van der Waals surface area (Å²) in [5, 5.41) is 19.8. The molecule has 5 nitrogen and oxygen atoms in total. The molecule has 0 aromatic heterocycles. The van der Waals surface area contributed by atoms with E-state index in [1.54, 1.807) is 12.1 Å². The summed E-state index contributed by atoms with van der Waals surface area (Å²) >= 11 is 0. The zero-order chi connectivity index (χ0) is 11.5. The van der Waals surface area contributed by atoms with Gasteiger partial charge in [-0.15, -0.1) is 0 Å². The summed E-state index contributed by atoms with van der Waals surface area (Å²) in [6.07, 6.45) is 0.588. The van der Waals surface area contributed by atoms with Gasteiger partial charge >= 0.3 is 0 Å². The van der Waals surface area contributed by atoms with E-state index in [4.69, 9.17) is 0 Å². The van der Waals surface area contributed by atoms with Crippen molar-refractivity contribution in [2.24, 2.45) is 0 Å². The molecular weight excluding hydrogens is 208 g/mol. The molecule has 1 atom stereocenters. The van der Waals surface area contributed by atoms with Gasteiger partial charge in [-0.05, 0) is 12.0 Å². The van der Waals surface area contributed by atoms with Crippen LogP contribution in [0, 0.1) is 10.1 Å². The van der Waals surface area contributed by atoms with Gasteiger partial charge in [0, 0.05) is 31.8 Å². The van der Waals surface area contributed by atoms with Crippen molar-refractivity contribution in [3.63, 3.8) is 0 Å². The first kappa shape index (κ1) is 11.0. The minimum absolute atomic E-state index is 0.116. The maximum Gasteiger partial charge on any atom is 0.269 e. The number of likely N-dealkylation sites (tertiary alicyclic amines) is 1. The summed E-state index contributed by atoms with van der Waals surface area (Å²) < 4.78 is 0. The Morgan fingerprint density at radius 3 is 2.62 bits per heavy atom. The fraction of sp³-hybridized carbons (Fsp3) is 0.455. The van der Waals surface area contributed by atoms with Crippen LogP contribution >= 0.6 is 0 Å². The molecule has 86 valence electrons. The van der Waals surface area contributed by atoms with Gasteiger partial charge in [0.1, 0.15) is 0 Å². The lowest BCUT2D eigenvalue weighted by atomic mass is 10.2. The number of nitrogens with zero attached hydrogens (tertiary/aromatic N) is 2. The van der Waals surface area contributed by atoms with E-state index in [9.17, 15) is 15.2 Å². The van der Waals surface area contributed by atoms with Crippen LogP contribution in [0.3, 0.4) is 0 Å². The average Bonchev–Trinajstić information content (AvgIpc) is 2.65. The zero-order valence-electron chi connectivity index (χ0n) is 8.87. The highest BCUT2D eigenvalue weighted by Crippen LogP contribution is 2.16. The van der Waals surface area contributed by atoms with Gasteiger partial charge in [0.05, 0.1) is 11.0 Å². The smallest absolute Gasteiger partial charge is 0.269 e. The zero-order valence-corrected chi connectivity index (χ0v) is 8.87. The molecule has 1 N–H and O–H groups in total. The fourth-order valence-corrected chi connectivity index (χ4v) is 1.94. The van der Waals surface area contributed by atoms with E-state index in [0.717, 1.165) is 25.1 Å². The van der Waals surface area contributed by atoms with E-state index in [-0.39, 0.29) is 11.8 Å². The van der Waals surface area contributed by atoms with Crippen LogP contribution in [-0.4, -0.2) is 34.1 Å². The van der Waals surface area contributed by atoms with E-state index >= 15 is 0 Å². The van der Waals surface area contributed by atoms with Gasteiger partial charge in [-0.25, -0.2) is 0 Å². The van der Waals surface area contributed by atoms with Gasteiger partial charge in [-0.3, -0.25) is 15.0 Å². The quantitative estimate of drug-likeness (QED) is 0.615. The number of hydrogen-bond donors (Lipinski definition) is 1. The molecule has 0 amide bonds. The summed E-state index contributed by atoms with van der Waals surface area (Å²) in [5.74, 6) is 0. The third-order valence-electron chi connectivity index (χ3n) is 2.80. The van der Waals surface area contributed by atoms with Gasteiger partial charge < -0.3 is 5.11 Å². The summed E-state index contributed by atoms with van der Waals surface area (Å²) in [6.45, 7) is 2.32. The van der Waals surface area contributed by atoms with Gasteiger partial charge in [0.15, 0.2) is 0 Å². The molecule has 1 heterocycles. The molecule has 1 aliphatic rings. The Morgan fingerprint density at radius 2 is 2.12 bits per heavy atom. The molecule has 0 spiro atoms. The molecule has 1 aliphatic heterocycles. The van der Waals surface area contributed by atoms with Crippen molar-refractivity contribution in [1.82, 2.24) is 4.90 Å². The Labute approximate surface area is 93.5 Å². The summed E-state index contributed by atoms with van der Waals surface area (Å²) in [5.41, 5.74) is 1.16. The Balaban J connectivity index is 1.97. The third-order valence-corrected chi connectivity index (χ3v) is 2.80. The van der Waals surface area contributed by atoms with Crippen molar-refractivity contribution in [3.8, 4) is 0 Å². The van der Waals surface area contributed by atoms with Crippen LogP contribution in [0.4, 0.5) is 5.69 Å². The highest BCUT2D eigenvalue weighted by molar-refractivity contribution is 5.32. The van der Waals surface area contributed by atoms with Gasteiger partial charge in [0.25, 0.3) is 5.69 Å². The predicted octanol–water partition coefficient (Wildman–Crippen LogP) is 1.16. The molecule has 0 bridgehead atoms.